The van der Waals surface area contributed by atoms with Gasteiger partial charge in [0.15, 0.2) is 5.16 Å². The van der Waals surface area contributed by atoms with E-state index in [-0.39, 0.29) is 22.4 Å². The number of hydrogen-bond acceptors (Lipinski definition) is 5. The lowest BCUT2D eigenvalue weighted by Gasteiger charge is -2.25. The molecule has 176 valence electrons. The lowest BCUT2D eigenvalue weighted by molar-refractivity contribution is -0.118. The SMILES string of the molecule is CCn1c(SCC(=O)NCc2ccc(F)cc2)nc2cc(S(=O)(=O)N3CCCCC3)ccc21. The van der Waals surface area contributed by atoms with Gasteiger partial charge in [-0.05, 0) is 55.7 Å². The highest BCUT2D eigenvalue weighted by Crippen LogP contribution is 2.28. The standard InChI is InChI=1S/C23H27FN4O3S2/c1-2-28-21-11-10-19(33(30,31)27-12-4-3-5-13-27)14-20(21)26-23(28)32-16-22(29)25-15-17-6-8-18(24)9-7-17/h6-11,14H,2-5,12-13,15-16H2,1H3,(H,25,29). The van der Waals surface area contributed by atoms with Crippen LogP contribution in [0.3, 0.4) is 0 Å². The van der Waals surface area contributed by atoms with Gasteiger partial charge >= 0.3 is 0 Å². The van der Waals surface area contributed by atoms with Crippen molar-refractivity contribution in [3.05, 3.63) is 53.8 Å². The van der Waals surface area contributed by atoms with Crippen molar-refractivity contribution >= 4 is 38.7 Å². The van der Waals surface area contributed by atoms with Crippen LogP contribution in [0.2, 0.25) is 0 Å². The van der Waals surface area contributed by atoms with Crippen molar-refractivity contribution in [1.82, 2.24) is 19.2 Å². The molecule has 4 rings (SSSR count). The van der Waals surface area contributed by atoms with Crippen LogP contribution in [0.5, 0.6) is 0 Å². The Morgan fingerprint density at radius 1 is 1.12 bits per heavy atom. The van der Waals surface area contributed by atoms with Crippen LogP contribution in [0, 0.1) is 5.82 Å². The lowest BCUT2D eigenvalue weighted by atomic mass is 10.2. The van der Waals surface area contributed by atoms with Crippen molar-refractivity contribution in [3.8, 4) is 0 Å². The molecule has 0 unspecified atom stereocenters. The maximum absolute atomic E-state index is 13.0. The fourth-order valence-corrected chi connectivity index (χ4v) is 6.35. The maximum Gasteiger partial charge on any atom is 0.243 e. The Kier molecular flexibility index (Phi) is 7.35. The zero-order valence-electron chi connectivity index (χ0n) is 18.5. The first-order valence-electron chi connectivity index (χ1n) is 11.0. The van der Waals surface area contributed by atoms with Gasteiger partial charge in [0.05, 0.1) is 21.7 Å². The van der Waals surface area contributed by atoms with Crippen LogP contribution in [-0.2, 0) is 27.9 Å². The van der Waals surface area contributed by atoms with Crippen LogP contribution in [0.25, 0.3) is 11.0 Å². The van der Waals surface area contributed by atoms with Gasteiger partial charge in [0, 0.05) is 26.2 Å². The zero-order valence-corrected chi connectivity index (χ0v) is 20.1. The molecule has 1 aromatic heterocycles. The van der Waals surface area contributed by atoms with E-state index in [1.807, 2.05) is 11.5 Å². The highest BCUT2D eigenvalue weighted by molar-refractivity contribution is 7.99. The van der Waals surface area contributed by atoms with E-state index < -0.39 is 10.0 Å². The summed E-state index contributed by atoms with van der Waals surface area (Å²) in [5.74, 6) is -0.304. The molecule has 2 aromatic carbocycles. The third-order valence-electron chi connectivity index (χ3n) is 5.69. The summed E-state index contributed by atoms with van der Waals surface area (Å²) < 4.78 is 42.6. The minimum atomic E-state index is -3.54. The molecule has 0 radical (unpaired) electrons. The molecule has 0 atom stereocenters. The summed E-state index contributed by atoms with van der Waals surface area (Å²) in [6.07, 6.45) is 2.83. The number of amides is 1. The fraction of sp³-hybridized carbons (Fsp3) is 0.391. The number of sulfonamides is 1. The number of fused-ring (bicyclic) bond motifs is 1. The number of carbonyl (C=O) groups excluding carboxylic acids is 1. The second kappa shape index (κ2) is 10.2. The largest absolute Gasteiger partial charge is 0.351 e. The molecule has 0 bridgehead atoms. The van der Waals surface area contributed by atoms with Crippen LogP contribution < -0.4 is 5.32 Å². The van der Waals surface area contributed by atoms with Gasteiger partial charge in [-0.3, -0.25) is 4.79 Å². The lowest BCUT2D eigenvalue weighted by Crippen LogP contribution is -2.35. The Morgan fingerprint density at radius 2 is 1.85 bits per heavy atom. The monoisotopic (exact) mass is 490 g/mol. The Morgan fingerprint density at radius 3 is 2.55 bits per heavy atom. The average Bonchev–Trinajstić information content (AvgIpc) is 3.19. The van der Waals surface area contributed by atoms with Crippen molar-refractivity contribution in [3.63, 3.8) is 0 Å². The van der Waals surface area contributed by atoms with Crippen molar-refractivity contribution in [2.45, 2.75) is 49.3 Å². The number of imidazole rings is 1. The molecule has 7 nitrogen and oxygen atoms in total. The Bertz CT molecular complexity index is 1240. The van der Waals surface area contributed by atoms with E-state index in [4.69, 9.17) is 0 Å². The Balaban J connectivity index is 1.46. The topological polar surface area (TPSA) is 84.3 Å². The van der Waals surface area contributed by atoms with Crippen LogP contribution in [0.1, 0.15) is 31.7 Å². The van der Waals surface area contributed by atoms with Gasteiger partial charge in [0.2, 0.25) is 15.9 Å². The summed E-state index contributed by atoms with van der Waals surface area (Å²) in [5, 5.41) is 3.49. The number of aromatic nitrogens is 2. The van der Waals surface area contributed by atoms with Crippen LogP contribution in [-0.4, -0.2) is 47.0 Å². The van der Waals surface area contributed by atoms with Gasteiger partial charge in [-0.25, -0.2) is 17.8 Å². The van der Waals surface area contributed by atoms with Crippen LogP contribution in [0.15, 0.2) is 52.5 Å². The summed E-state index contributed by atoms with van der Waals surface area (Å²) in [6, 6.07) is 11.1. The summed E-state index contributed by atoms with van der Waals surface area (Å²) >= 11 is 1.30. The third-order valence-corrected chi connectivity index (χ3v) is 8.56. The van der Waals surface area contributed by atoms with Gasteiger partial charge in [0.25, 0.3) is 0 Å². The number of thioether (sulfide) groups is 1. The smallest absolute Gasteiger partial charge is 0.243 e. The van der Waals surface area contributed by atoms with E-state index in [1.54, 1.807) is 34.6 Å². The number of piperidine rings is 1. The summed E-state index contributed by atoms with van der Waals surface area (Å²) in [5.41, 5.74) is 2.26. The molecule has 1 amide bonds. The molecule has 1 aliphatic heterocycles. The Hall–Kier alpha value is -2.43. The third kappa shape index (κ3) is 5.39. The molecule has 0 saturated carbocycles. The molecular weight excluding hydrogens is 463 g/mol. The van der Waals surface area contributed by atoms with Gasteiger partial charge in [-0.15, -0.1) is 0 Å². The molecule has 0 aliphatic carbocycles. The highest BCUT2D eigenvalue weighted by Gasteiger charge is 2.26. The van der Waals surface area contributed by atoms with Gasteiger partial charge < -0.3 is 9.88 Å². The predicted molar refractivity (Wildman–Crippen MR) is 127 cm³/mol. The number of benzene rings is 2. The van der Waals surface area contributed by atoms with Gasteiger partial charge in [0.1, 0.15) is 5.82 Å². The van der Waals surface area contributed by atoms with E-state index in [0.717, 1.165) is 30.3 Å². The van der Waals surface area contributed by atoms with E-state index in [2.05, 4.69) is 10.3 Å². The number of nitrogens with one attached hydrogen (secondary N) is 1. The average molecular weight is 491 g/mol. The number of nitrogens with zero attached hydrogens (tertiary/aromatic N) is 3. The first-order valence-corrected chi connectivity index (χ1v) is 13.5. The fourth-order valence-electron chi connectivity index (χ4n) is 3.90. The zero-order chi connectivity index (χ0) is 23.4. The first-order chi connectivity index (χ1) is 15.9. The molecule has 1 N–H and O–H groups in total. The second-order valence-electron chi connectivity index (χ2n) is 7.95. The van der Waals surface area contributed by atoms with Crippen LogP contribution >= 0.6 is 11.8 Å². The highest BCUT2D eigenvalue weighted by atomic mass is 32.2. The molecule has 2 heterocycles. The minimum Gasteiger partial charge on any atom is -0.351 e. The molecule has 1 aliphatic rings. The molecule has 1 saturated heterocycles. The Labute approximate surface area is 197 Å². The normalized spacial score (nSPS) is 15.1. The minimum absolute atomic E-state index is 0.160. The molecule has 33 heavy (non-hydrogen) atoms. The summed E-state index contributed by atoms with van der Waals surface area (Å²) in [4.78, 5) is 17.2. The van der Waals surface area contributed by atoms with Gasteiger partial charge in [-0.1, -0.05) is 30.3 Å². The molecular formula is C23H27FN4O3S2. The summed E-state index contributed by atoms with van der Waals surface area (Å²) in [7, 11) is -3.54. The molecule has 1 fully saturated rings. The quantitative estimate of drug-likeness (QED) is 0.486. The second-order valence-corrected chi connectivity index (χ2v) is 10.8. The number of rotatable bonds is 8. The van der Waals surface area contributed by atoms with Crippen molar-refractivity contribution < 1.29 is 17.6 Å². The first kappa shape index (κ1) is 23.7. The molecule has 0 spiro atoms. The van der Waals surface area contributed by atoms with Crippen molar-refractivity contribution in [2.24, 2.45) is 0 Å². The van der Waals surface area contributed by atoms with E-state index in [1.165, 1.54) is 23.9 Å². The number of hydrogen-bond donors (Lipinski definition) is 1. The molecule has 3 aromatic rings. The van der Waals surface area contributed by atoms with Gasteiger partial charge in [-0.2, -0.15) is 4.31 Å². The maximum atomic E-state index is 13.0. The number of halogens is 1. The van der Waals surface area contributed by atoms with E-state index in [9.17, 15) is 17.6 Å². The predicted octanol–water partition coefficient (Wildman–Crippen LogP) is 3.78. The summed E-state index contributed by atoms with van der Waals surface area (Å²) in [6.45, 7) is 4.06. The van der Waals surface area contributed by atoms with Crippen molar-refractivity contribution in [2.75, 3.05) is 18.8 Å². The number of aryl methyl sites for hydroxylation is 1. The van der Waals surface area contributed by atoms with E-state index in [0.29, 0.717) is 36.9 Å². The van der Waals surface area contributed by atoms with E-state index >= 15 is 0 Å². The molecule has 10 heteroatoms. The number of carbonyl (C=O) groups is 1. The van der Waals surface area contributed by atoms with Crippen LogP contribution in [0.4, 0.5) is 4.39 Å². The van der Waals surface area contributed by atoms with Crippen molar-refractivity contribution in [1.29, 1.82) is 0 Å².